The Hall–Kier alpha value is -0.986. The van der Waals surface area contributed by atoms with Gasteiger partial charge in [0.25, 0.3) is 0 Å². The Bertz CT molecular complexity index is 979. The van der Waals surface area contributed by atoms with Crippen LogP contribution in [0, 0.1) is 26.7 Å². The molecule has 1 radical (unpaired) electrons. The van der Waals surface area contributed by atoms with Gasteiger partial charge in [0.05, 0.1) is 0 Å². The summed E-state index contributed by atoms with van der Waals surface area (Å²) < 4.78 is 0. The first-order chi connectivity index (χ1) is 13.0. The van der Waals surface area contributed by atoms with Crippen LogP contribution < -0.4 is 24.8 Å². The van der Waals surface area contributed by atoms with Crippen molar-refractivity contribution in [3.05, 3.63) is 86.3 Å². The predicted octanol–water partition coefficient (Wildman–Crippen LogP) is 2.32. The fourth-order valence-corrected chi connectivity index (χ4v) is 4.74. The molecule has 1 nitrogen and oxygen atoms in total. The molecule has 0 heterocycles. The Morgan fingerprint density at radius 3 is 1.81 bits per heavy atom. The number of rotatable bonds is 4. The van der Waals surface area contributed by atoms with Crippen molar-refractivity contribution in [2.45, 2.75) is 67.9 Å². The number of hydrogen-bond acceptors (Lipinski definition) is 0. The van der Waals surface area contributed by atoms with E-state index in [0.717, 1.165) is 5.69 Å². The SMILES string of the molecule is CC1=C(C)C(C)C(c2ccccc2C(C)(C)[N-]c2c(C)cc(C)cc2C)=C1C.[Cl-].[Cl-].[Ti+3]. The zero-order valence-corrected chi connectivity index (χ0v) is 23.3. The summed E-state index contributed by atoms with van der Waals surface area (Å²) in [7, 11) is 0. The molecular weight excluding hydrogens is 457 g/mol. The molecule has 1 atom stereocenters. The van der Waals surface area contributed by atoms with Crippen LogP contribution >= 0.6 is 0 Å². The van der Waals surface area contributed by atoms with E-state index in [2.05, 4.69) is 98.7 Å². The van der Waals surface area contributed by atoms with E-state index in [9.17, 15) is 0 Å². The minimum atomic E-state index is -0.307. The zero-order valence-electron chi connectivity index (χ0n) is 20.2. The Kier molecular flexibility index (Phi) is 10.9. The van der Waals surface area contributed by atoms with Crippen LogP contribution in [-0.2, 0) is 27.3 Å². The summed E-state index contributed by atoms with van der Waals surface area (Å²) in [6.45, 7) is 20.1. The molecule has 0 amide bonds. The average Bonchev–Trinajstić information content (AvgIpc) is 2.81. The number of halogens is 2. The molecular formula is C27H34Cl2NTi. The van der Waals surface area contributed by atoms with E-state index in [1.807, 2.05) is 0 Å². The van der Waals surface area contributed by atoms with Crippen molar-refractivity contribution in [1.29, 1.82) is 0 Å². The van der Waals surface area contributed by atoms with Gasteiger partial charge in [-0.15, -0.1) is 5.69 Å². The van der Waals surface area contributed by atoms with E-state index in [0.29, 0.717) is 5.92 Å². The third kappa shape index (κ3) is 5.69. The molecule has 0 aromatic heterocycles. The molecule has 1 aliphatic rings. The molecule has 0 N–H and O–H groups in total. The number of hydrogen-bond donors (Lipinski definition) is 0. The maximum absolute atomic E-state index is 5.29. The number of benzene rings is 2. The second kappa shape index (κ2) is 11.2. The van der Waals surface area contributed by atoms with Crippen molar-refractivity contribution in [1.82, 2.24) is 0 Å². The number of aryl methyl sites for hydroxylation is 3. The molecule has 1 aliphatic carbocycles. The summed E-state index contributed by atoms with van der Waals surface area (Å²) in [5.74, 6) is 0.458. The maximum atomic E-state index is 5.29. The van der Waals surface area contributed by atoms with Crippen LogP contribution in [-0.4, -0.2) is 0 Å². The van der Waals surface area contributed by atoms with Gasteiger partial charge in [-0.25, -0.2) is 0 Å². The fourth-order valence-electron chi connectivity index (χ4n) is 4.74. The van der Waals surface area contributed by atoms with E-state index in [-0.39, 0.29) is 52.1 Å². The third-order valence-electron chi connectivity index (χ3n) is 6.54. The summed E-state index contributed by atoms with van der Waals surface area (Å²) in [6.07, 6.45) is 0. The molecule has 4 heteroatoms. The molecule has 31 heavy (non-hydrogen) atoms. The normalized spacial score (nSPS) is 15.8. The summed E-state index contributed by atoms with van der Waals surface area (Å²) in [6, 6.07) is 13.3. The summed E-state index contributed by atoms with van der Waals surface area (Å²) in [5, 5.41) is 5.29. The van der Waals surface area contributed by atoms with Gasteiger partial charge in [0.1, 0.15) is 0 Å². The molecule has 0 saturated carbocycles. The largest absolute Gasteiger partial charge is 3.00 e. The number of nitrogens with zero attached hydrogens (tertiary/aromatic N) is 1. The molecule has 2 aromatic carbocycles. The van der Waals surface area contributed by atoms with Crippen molar-refractivity contribution in [2.75, 3.05) is 0 Å². The smallest absolute Gasteiger partial charge is 1.00 e. The molecule has 0 bridgehead atoms. The van der Waals surface area contributed by atoms with Crippen molar-refractivity contribution < 1.29 is 46.5 Å². The maximum Gasteiger partial charge on any atom is 3.00 e. The molecule has 0 fully saturated rings. The molecule has 3 rings (SSSR count). The van der Waals surface area contributed by atoms with Crippen LogP contribution in [0.25, 0.3) is 10.9 Å². The number of allylic oxidation sites excluding steroid dienone is 4. The molecule has 1 unspecified atom stereocenters. The molecule has 165 valence electrons. The fraction of sp³-hybridized carbons (Fsp3) is 0.407. The van der Waals surface area contributed by atoms with E-state index in [1.165, 1.54) is 50.1 Å². The van der Waals surface area contributed by atoms with Crippen LogP contribution in [0.2, 0.25) is 0 Å². The van der Waals surface area contributed by atoms with Gasteiger partial charge >= 0.3 is 21.7 Å². The van der Waals surface area contributed by atoms with Gasteiger partial charge in [-0.05, 0) is 63.8 Å². The van der Waals surface area contributed by atoms with Crippen LogP contribution in [0.4, 0.5) is 5.69 Å². The monoisotopic (exact) mass is 490 g/mol. The van der Waals surface area contributed by atoms with E-state index in [1.54, 1.807) is 0 Å². The zero-order chi connectivity index (χ0) is 20.8. The van der Waals surface area contributed by atoms with Gasteiger partial charge in [0.15, 0.2) is 0 Å². The molecule has 0 spiro atoms. The first kappa shape index (κ1) is 30.0. The summed E-state index contributed by atoms with van der Waals surface area (Å²) >= 11 is 0. The Morgan fingerprint density at radius 2 is 1.32 bits per heavy atom. The minimum Gasteiger partial charge on any atom is -1.00 e. The Balaban J connectivity index is 0.00000300. The topological polar surface area (TPSA) is 14.1 Å². The minimum absolute atomic E-state index is 0. The van der Waals surface area contributed by atoms with E-state index >= 15 is 0 Å². The second-order valence-electron chi connectivity index (χ2n) is 9.03. The summed E-state index contributed by atoms with van der Waals surface area (Å²) in [4.78, 5) is 0. The Labute approximate surface area is 216 Å². The van der Waals surface area contributed by atoms with Crippen LogP contribution in [0.1, 0.15) is 69.4 Å². The van der Waals surface area contributed by atoms with Crippen molar-refractivity contribution >= 4 is 11.3 Å². The Morgan fingerprint density at radius 1 is 0.806 bits per heavy atom. The van der Waals surface area contributed by atoms with Crippen LogP contribution in [0.5, 0.6) is 0 Å². The first-order valence-electron chi connectivity index (χ1n) is 10.3. The van der Waals surface area contributed by atoms with E-state index in [4.69, 9.17) is 5.32 Å². The van der Waals surface area contributed by atoms with Crippen molar-refractivity contribution in [2.24, 2.45) is 5.92 Å². The van der Waals surface area contributed by atoms with Gasteiger partial charge in [-0.1, -0.05) is 90.5 Å². The second-order valence-corrected chi connectivity index (χ2v) is 9.03. The average molecular weight is 491 g/mol. The van der Waals surface area contributed by atoms with Crippen molar-refractivity contribution in [3.63, 3.8) is 0 Å². The van der Waals surface area contributed by atoms with Crippen molar-refractivity contribution in [3.8, 4) is 0 Å². The first-order valence-corrected chi connectivity index (χ1v) is 10.3. The van der Waals surface area contributed by atoms with Gasteiger partial charge in [0, 0.05) is 5.92 Å². The standard InChI is InChI=1S/C27H34N.2ClH.Ti/c1-16-14-17(2)26(18(3)15-16)28-27(8,9)24-13-11-10-12-23(24)25-21(6)19(4)20(5)22(25)7;;;/h10-15,21H,1-9H3;2*1H;/q-1;;;+3/p-2. The van der Waals surface area contributed by atoms with Gasteiger partial charge in [-0.2, -0.15) is 0 Å². The van der Waals surface area contributed by atoms with Gasteiger partial charge in [0.2, 0.25) is 0 Å². The quantitative estimate of drug-likeness (QED) is 0.584. The van der Waals surface area contributed by atoms with Gasteiger partial charge in [-0.3, -0.25) is 0 Å². The van der Waals surface area contributed by atoms with Crippen LogP contribution in [0.3, 0.4) is 0 Å². The molecule has 0 saturated heterocycles. The van der Waals surface area contributed by atoms with Gasteiger partial charge < -0.3 is 30.1 Å². The molecule has 2 aromatic rings. The van der Waals surface area contributed by atoms with E-state index < -0.39 is 0 Å². The van der Waals surface area contributed by atoms with Crippen LogP contribution in [0.15, 0.2) is 53.1 Å². The summed E-state index contributed by atoms with van der Waals surface area (Å²) in [5.41, 5.74) is 13.1. The molecule has 0 aliphatic heterocycles. The third-order valence-corrected chi connectivity index (χ3v) is 6.54. The predicted molar refractivity (Wildman–Crippen MR) is 123 cm³/mol.